The average molecular weight is 404 g/mol. The molecule has 28 heavy (non-hydrogen) atoms. The van der Waals surface area contributed by atoms with Crippen LogP contribution in [0.1, 0.15) is 12.5 Å². The summed E-state index contributed by atoms with van der Waals surface area (Å²) in [5, 5.41) is 18.0. The van der Waals surface area contributed by atoms with Crippen molar-refractivity contribution in [3.05, 3.63) is 70.7 Å². The van der Waals surface area contributed by atoms with Gasteiger partial charge in [-0.2, -0.15) is 24.5 Å². The fourth-order valence-electron chi connectivity index (χ4n) is 2.10. The molecule has 1 aliphatic heterocycles. The van der Waals surface area contributed by atoms with Crippen LogP contribution in [-0.2, 0) is 4.74 Å². The number of hydrogen-bond donors (Lipinski definition) is 1. The summed E-state index contributed by atoms with van der Waals surface area (Å²) < 4.78 is 38.3. The Morgan fingerprint density at radius 3 is 2.07 bits per heavy atom. The summed E-state index contributed by atoms with van der Waals surface area (Å²) in [4.78, 5) is 2.04. The maximum atomic E-state index is 8.98. The normalized spacial score (nSPS) is 13.2. The van der Waals surface area contributed by atoms with E-state index in [0.29, 0.717) is 17.1 Å². The lowest BCUT2D eigenvalue weighted by atomic mass is 10.1. The van der Waals surface area contributed by atoms with Crippen molar-refractivity contribution in [2.75, 3.05) is 19.0 Å². The van der Waals surface area contributed by atoms with E-state index in [1.54, 1.807) is 19.1 Å². The zero-order chi connectivity index (χ0) is 21.3. The van der Waals surface area contributed by atoms with E-state index < -0.39 is 10.2 Å². The molecule has 0 aromatic heterocycles. The Morgan fingerprint density at radius 1 is 1.07 bits per heavy atom. The van der Waals surface area contributed by atoms with Crippen LogP contribution >= 0.6 is 0 Å². The molecular weight excluding hydrogens is 386 g/mol. The fourth-order valence-corrected chi connectivity index (χ4v) is 2.10. The van der Waals surface area contributed by atoms with Crippen LogP contribution in [0.15, 0.2) is 65.2 Å². The Labute approximate surface area is 165 Å². The van der Waals surface area contributed by atoms with Crippen molar-refractivity contribution < 1.29 is 33.6 Å². The van der Waals surface area contributed by atoms with Crippen molar-refractivity contribution in [2.45, 2.75) is 6.92 Å². The van der Waals surface area contributed by atoms with Crippen molar-refractivity contribution in [1.29, 1.82) is 10.5 Å². The molecule has 0 bridgehead atoms. The number of benzene rings is 1. The van der Waals surface area contributed by atoms with Crippen molar-refractivity contribution in [1.82, 2.24) is 0 Å². The van der Waals surface area contributed by atoms with E-state index in [0.717, 1.165) is 11.3 Å². The van der Waals surface area contributed by atoms with E-state index in [2.05, 4.69) is 0 Å². The quantitative estimate of drug-likeness (QED) is 0.682. The highest BCUT2D eigenvalue weighted by Gasteiger charge is 2.10. The molecule has 0 spiro atoms. The van der Waals surface area contributed by atoms with Crippen molar-refractivity contribution in [2.24, 2.45) is 0 Å². The van der Waals surface area contributed by atoms with Gasteiger partial charge in [-0.1, -0.05) is 18.2 Å². The highest BCUT2D eigenvalue weighted by Crippen LogP contribution is 2.23. The summed E-state index contributed by atoms with van der Waals surface area (Å²) in [5.41, 5.74) is 2.82. The van der Waals surface area contributed by atoms with Crippen LogP contribution in [0.25, 0.3) is 6.08 Å². The molecule has 0 aliphatic carbocycles. The molecule has 1 aliphatic rings. The molecule has 0 atom stereocenters. The third kappa shape index (κ3) is 8.52. The van der Waals surface area contributed by atoms with Gasteiger partial charge in [0.25, 0.3) is 0 Å². The molecule has 0 amide bonds. The van der Waals surface area contributed by atoms with Crippen LogP contribution in [0.2, 0.25) is 0 Å². The van der Waals surface area contributed by atoms with Gasteiger partial charge in [-0.3, -0.25) is 0 Å². The predicted octanol–water partition coefficient (Wildman–Crippen LogP) is -0.197. The van der Waals surface area contributed by atoms with Gasteiger partial charge in [0.15, 0.2) is 0 Å². The standard InChI is InChI=1S/C19H17N3O.ClHO4/c1-14-10-16(17(12-20)13-21)11-19(23-14)9-6-15-4-7-18(8-5-15)22(2)3;2-1(3,4)5/h4-11H,1-3H3;(H,2,3,4,5). The lowest BCUT2D eigenvalue weighted by molar-refractivity contribution is -1.92. The molecule has 2 rings (SSSR count). The first kappa shape index (κ1) is 22.9. The second kappa shape index (κ2) is 10.3. The molecule has 0 radical (unpaired) electrons. The van der Waals surface area contributed by atoms with E-state index in [1.165, 1.54) is 0 Å². The Balaban J connectivity index is 0.000000696. The number of anilines is 1. The van der Waals surface area contributed by atoms with Crippen LogP contribution in [-0.4, -0.2) is 18.8 Å². The Kier molecular flexibility index (Phi) is 8.42. The van der Waals surface area contributed by atoms with Crippen molar-refractivity contribution in [3.63, 3.8) is 0 Å². The third-order valence-electron chi connectivity index (χ3n) is 3.30. The zero-order valence-corrected chi connectivity index (χ0v) is 16.2. The van der Waals surface area contributed by atoms with Gasteiger partial charge in [0.05, 0.1) is 14.9 Å². The lowest BCUT2D eigenvalue weighted by Gasteiger charge is -2.13. The summed E-state index contributed by atoms with van der Waals surface area (Å²) in [6.07, 6.45) is 7.14. The van der Waals surface area contributed by atoms with E-state index in [4.69, 9.17) is 33.9 Å². The summed E-state index contributed by atoms with van der Waals surface area (Å²) in [7, 11) is -0.701. The molecule has 0 unspecified atom stereocenters. The molecule has 9 heteroatoms. The van der Waals surface area contributed by atoms with Crippen LogP contribution in [0.3, 0.4) is 0 Å². The lowest BCUT2D eigenvalue weighted by Crippen LogP contribution is -2.58. The van der Waals surface area contributed by atoms with Gasteiger partial charge in [-0.15, -0.1) is 0 Å². The Morgan fingerprint density at radius 2 is 1.61 bits per heavy atom. The summed E-state index contributed by atoms with van der Waals surface area (Å²) >= 11 is 0. The highest BCUT2D eigenvalue weighted by atomic mass is 35.7. The number of ether oxygens (including phenoxy) is 1. The number of allylic oxidation sites excluding steroid dienone is 6. The van der Waals surface area contributed by atoms with Crippen molar-refractivity contribution in [3.8, 4) is 12.1 Å². The second-order valence-electron chi connectivity index (χ2n) is 5.67. The van der Waals surface area contributed by atoms with Gasteiger partial charge >= 0.3 is 0 Å². The van der Waals surface area contributed by atoms with E-state index in [1.807, 2.05) is 67.6 Å². The highest BCUT2D eigenvalue weighted by molar-refractivity contribution is 5.59. The van der Waals surface area contributed by atoms with Crippen LogP contribution < -0.4 is 18.9 Å². The summed E-state index contributed by atoms with van der Waals surface area (Å²) in [6.45, 7) is 1.79. The van der Waals surface area contributed by atoms with E-state index in [9.17, 15) is 0 Å². The molecule has 146 valence electrons. The molecule has 8 nitrogen and oxygen atoms in total. The minimum absolute atomic E-state index is 0.0777. The van der Waals surface area contributed by atoms with E-state index in [-0.39, 0.29) is 5.57 Å². The Hall–Kier alpha value is -3.11. The number of nitriles is 2. The molecule has 1 aromatic carbocycles. The maximum Gasteiger partial charge on any atom is 0.137 e. The number of nitrogens with zero attached hydrogens (tertiary/aromatic N) is 3. The van der Waals surface area contributed by atoms with Gasteiger partial charge in [-0.05, 0) is 42.8 Å². The van der Waals surface area contributed by atoms with Gasteiger partial charge in [0.2, 0.25) is 0 Å². The third-order valence-corrected chi connectivity index (χ3v) is 3.30. The minimum Gasteiger partial charge on any atom is -0.462 e. The van der Waals surface area contributed by atoms with Crippen molar-refractivity contribution >= 4 is 11.8 Å². The van der Waals surface area contributed by atoms with Gasteiger partial charge < -0.3 is 9.64 Å². The summed E-state index contributed by atoms with van der Waals surface area (Å²) in [5.74, 6) is 1.24. The molecule has 1 aromatic rings. The molecule has 0 saturated carbocycles. The van der Waals surface area contributed by atoms with Gasteiger partial charge in [0, 0.05) is 25.4 Å². The first-order valence-electron chi connectivity index (χ1n) is 7.74. The molecule has 0 fully saturated rings. The molecule has 1 N–H and O–H groups in total. The number of hydrogen-bond acceptors (Lipinski definition) is 8. The number of halogens is 1. The largest absolute Gasteiger partial charge is 0.462 e. The smallest absolute Gasteiger partial charge is 0.137 e. The average Bonchev–Trinajstić information content (AvgIpc) is 2.59. The summed E-state index contributed by atoms with van der Waals surface area (Å²) in [6, 6.07) is 11.9. The topological polar surface area (TPSA) is 149 Å². The predicted molar refractivity (Wildman–Crippen MR) is 93.2 cm³/mol. The number of rotatable bonds is 3. The first-order chi connectivity index (χ1) is 13.0. The molecule has 0 saturated heterocycles. The molecule has 1 heterocycles. The fraction of sp³-hybridized carbons (Fsp3) is 0.158. The monoisotopic (exact) mass is 403 g/mol. The first-order valence-corrected chi connectivity index (χ1v) is 9.01. The van der Waals surface area contributed by atoms with E-state index >= 15 is 0 Å². The zero-order valence-electron chi connectivity index (χ0n) is 15.4. The SMILES string of the molecule is CC1=CC(=C(C#N)C#N)C=C(C=Cc2ccc(N(C)C)cc2)O1.[O-][Cl+3]([O-])([O-])O. The molecular formula is C19H18ClN3O5. The van der Waals surface area contributed by atoms with Crippen LogP contribution in [0, 0.1) is 32.9 Å². The van der Waals surface area contributed by atoms with Crippen LogP contribution in [0.5, 0.6) is 0 Å². The van der Waals surface area contributed by atoms with Crippen LogP contribution in [0.4, 0.5) is 5.69 Å². The maximum absolute atomic E-state index is 8.98. The second-order valence-corrected chi connectivity index (χ2v) is 6.47. The minimum atomic E-state index is -4.69. The Bertz CT molecular complexity index is 873. The van der Waals surface area contributed by atoms with Gasteiger partial charge in [0.1, 0.15) is 29.2 Å². The van der Waals surface area contributed by atoms with Gasteiger partial charge in [-0.25, -0.2) is 0 Å².